The van der Waals surface area contributed by atoms with Crippen molar-refractivity contribution in [2.75, 3.05) is 0 Å². The van der Waals surface area contributed by atoms with Gasteiger partial charge in [0, 0.05) is 6.42 Å². The van der Waals surface area contributed by atoms with Gasteiger partial charge in [0.25, 0.3) is 0 Å². The Bertz CT molecular complexity index is 869. The van der Waals surface area contributed by atoms with Crippen molar-refractivity contribution in [1.29, 1.82) is 0 Å². The third kappa shape index (κ3) is 7.79. The molecule has 7 heteroatoms. The summed E-state index contributed by atoms with van der Waals surface area (Å²) >= 11 is 0. The molecule has 0 aromatic heterocycles. The van der Waals surface area contributed by atoms with E-state index in [4.69, 9.17) is 10.5 Å². The molecule has 2 rings (SSSR count). The average Bonchev–Trinajstić information content (AvgIpc) is 2.72. The predicted molar refractivity (Wildman–Crippen MR) is 114 cm³/mol. The molecule has 2 aromatic carbocycles. The van der Waals surface area contributed by atoms with Crippen LogP contribution in [0.5, 0.6) is 0 Å². The largest absolute Gasteiger partial charge is 0.445 e. The summed E-state index contributed by atoms with van der Waals surface area (Å²) in [5.74, 6) is -1.20. The van der Waals surface area contributed by atoms with Gasteiger partial charge in [-0.25, -0.2) is 4.79 Å². The number of nitrogens with one attached hydrogen (secondary N) is 2. The summed E-state index contributed by atoms with van der Waals surface area (Å²) in [6.07, 6.45) is -0.283. The number of carbonyl (C=O) groups is 3. The summed E-state index contributed by atoms with van der Waals surface area (Å²) < 4.78 is 5.23. The van der Waals surface area contributed by atoms with E-state index in [1.165, 1.54) is 0 Å². The summed E-state index contributed by atoms with van der Waals surface area (Å²) in [5.41, 5.74) is 7.77. The van der Waals surface area contributed by atoms with E-state index >= 15 is 0 Å². The Balaban J connectivity index is 2.06. The van der Waals surface area contributed by atoms with E-state index in [1.54, 1.807) is 6.92 Å². The maximum Gasteiger partial charge on any atom is 0.408 e. The highest BCUT2D eigenvalue weighted by atomic mass is 16.5. The van der Waals surface area contributed by atoms with Gasteiger partial charge >= 0.3 is 6.09 Å². The number of hydrogen-bond donors (Lipinski definition) is 3. The molecule has 0 radical (unpaired) electrons. The lowest BCUT2D eigenvalue weighted by Gasteiger charge is -2.22. The highest BCUT2D eigenvalue weighted by Gasteiger charge is 2.26. The zero-order valence-electron chi connectivity index (χ0n) is 17.0. The number of amides is 3. The second-order valence-corrected chi connectivity index (χ2v) is 7.07. The molecule has 0 unspecified atom stereocenters. The van der Waals surface area contributed by atoms with Crippen molar-refractivity contribution in [2.45, 2.75) is 38.5 Å². The second-order valence-electron chi connectivity index (χ2n) is 7.07. The minimum atomic E-state index is -0.942. The molecule has 158 valence electrons. The monoisotopic (exact) mass is 409 g/mol. The number of carbonyl (C=O) groups excluding carboxylic acids is 3. The van der Waals surface area contributed by atoms with E-state index in [0.717, 1.165) is 11.1 Å². The molecule has 30 heavy (non-hydrogen) atoms. The van der Waals surface area contributed by atoms with Crippen LogP contribution in [0.4, 0.5) is 4.79 Å². The fourth-order valence-electron chi connectivity index (χ4n) is 2.81. The molecule has 0 aliphatic carbocycles. The van der Waals surface area contributed by atoms with E-state index in [2.05, 4.69) is 17.2 Å². The standard InChI is InChI=1S/C23H27N3O4/c1-16(2)13-19(21(24)27)25-22(28)20(14-17-9-5-3-6-10-17)26-23(29)30-15-18-11-7-4-8-12-18/h3-12,19-20H,1,13-15H2,2H3,(H2,24,27)(H,25,28)(H,26,29)/t19-,20+/m0/s1. The van der Waals surface area contributed by atoms with E-state index < -0.39 is 30.0 Å². The van der Waals surface area contributed by atoms with Crippen molar-refractivity contribution in [2.24, 2.45) is 5.73 Å². The minimum Gasteiger partial charge on any atom is -0.445 e. The lowest BCUT2D eigenvalue weighted by molar-refractivity contribution is -0.128. The highest BCUT2D eigenvalue weighted by molar-refractivity contribution is 5.91. The molecule has 0 saturated heterocycles. The first-order valence-electron chi connectivity index (χ1n) is 9.60. The Labute approximate surface area is 176 Å². The van der Waals surface area contributed by atoms with E-state index in [1.807, 2.05) is 60.7 Å². The molecule has 7 nitrogen and oxygen atoms in total. The maximum absolute atomic E-state index is 12.8. The number of ether oxygens (including phenoxy) is 1. The Kier molecular flexibility index (Phi) is 8.62. The quantitative estimate of drug-likeness (QED) is 0.524. The SMILES string of the molecule is C=C(C)C[C@H](NC(=O)[C@@H](Cc1ccccc1)NC(=O)OCc1ccccc1)C(N)=O. The van der Waals surface area contributed by atoms with Crippen LogP contribution in [0.15, 0.2) is 72.8 Å². The van der Waals surface area contributed by atoms with Crippen LogP contribution < -0.4 is 16.4 Å². The number of rotatable bonds is 10. The zero-order chi connectivity index (χ0) is 21.9. The first-order chi connectivity index (χ1) is 14.3. The lowest BCUT2D eigenvalue weighted by Crippen LogP contribution is -2.53. The fraction of sp³-hybridized carbons (Fsp3) is 0.261. The Hall–Kier alpha value is -3.61. The van der Waals surface area contributed by atoms with Gasteiger partial charge in [-0.3, -0.25) is 9.59 Å². The number of hydrogen-bond acceptors (Lipinski definition) is 4. The summed E-state index contributed by atoms with van der Waals surface area (Å²) in [6.45, 7) is 5.56. The fourth-order valence-corrected chi connectivity index (χ4v) is 2.81. The predicted octanol–water partition coefficient (Wildman–Crippen LogP) is 2.46. The van der Waals surface area contributed by atoms with Crippen LogP contribution in [0.1, 0.15) is 24.5 Å². The van der Waals surface area contributed by atoms with Crippen LogP contribution in [0, 0.1) is 0 Å². The topological polar surface area (TPSA) is 111 Å². The van der Waals surface area contributed by atoms with Crippen molar-refractivity contribution in [1.82, 2.24) is 10.6 Å². The number of benzene rings is 2. The molecule has 0 aliphatic rings. The molecule has 0 spiro atoms. The van der Waals surface area contributed by atoms with E-state index in [-0.39, 0.29) is 19.4 Å². The molecule has 0 bridgehead atoms. The van der Waals surface area contributed by atoms with Gasteiger partial charge in [0.05, 0.1) is 0 Å². The van der Waals surface area contributed by atoms with Crippen LogP contribution in [-0.4, -0.2) is 30.0 Å². The van der Waals surface area contributed by atoms with Gasteiger partial charge in [0.2, 0.25) is 11.8 Å². The molecule has 0 fully saturated rings. The van der Waals surface area contributed by atoms with Gasteiger partial charge < -0.3 is 21.1 Å². The second kappa shape index (κ2) is 11.4. The van der Waals surface area contributed by atoms with Crippen LogP contribution in [-0.2, 0) is 27.4 Å². The van der Waals surface area contributed by atoms with Crippen LogP contribution >= 0.6 is 0 Å². The summed E-state index contributed by atoms with van der Waals surface area (Å²) in [5, 5.41) is 5.19. The number of primary amides is 1. The molecule has 0 aliphatic heterocycles. The summed E-state index contributed by atoms with van der Waals surface area (Å²) in [6, 6.07) is 16.6. The lowest BCUT2D eigenvalue weighted by atomic mass is 10.0. The van der Waals surface area contributed by atoms with Crippen molar-refractivity contribution in [3.05, 3.63) is 83.9 Å². The molecule has 2 aromatic rings. The van der Waals surface area contributed by atoms with Gasteiger partial charge in [0.15, 0.2) is 0 Å². The highest BCUT2D eigenvalue weighted by Crippen LogP contribution is 2.07. The molecular weight excluding hydrogens is 382 g/mol. The summed E-state index contributed by atoms with van der Waals surface area (Å²) in [4.78, 5) is 36.8. The molecule has 0 heterocycles. The first-order valence-corrected chi connectivity index (χ1v) is 9.60. The smallest absolute Gasteiger partial charge is 0.408 e. The van der Waals surface area contributed by atoms with Crippen molar-refractivity contribution in [3.63, 3.8) is 0 Å². The van der Waals surface area contributed by atoms with Gasteiger partial charge in [-0.15, -0.1) is 6.58 Å². The molecule has 0 saturated carbocycles. The normalized spacial score (nSPS) is 12.3. The maximum atomic E-state index is 12.8. The number of alkyl carbamates (subject to hydrolysis) is 1. The van der Waals surface area contributed by atoms with Crippen LogP contribution in [0.25, 0.3) is 0 Å². The van der Waals surface area contributed by atoms with E-state index in [9.17, 15) is 14.4 Å². The first kappa shape index (κ1) is 22.7. The van der Waals surface area contributed by atoms with Gasteiger partial charge in [-0.05, 0) is 24.5 Å². The summed E-state index contributed by atoms with van der Waals surface area (Å²) in [7, 11) is 0. The van der Waals surface area contributed by atoms with Crippen molar-refractivity contribution < 1.29 is 19.1 Å². The van der Waals surface area contributed by atoms with Crippen LogP contribution in [0.3, 0.4) is 0 Å². The zero-order valence-corrected chi connectivity index (χ0v) is 17.0. The molecule has 2 atom stereocenters. The Morgan fingerprint density at radius 1 is 0.933 bits per heavy atom. The molecule has 3 amide bonds. The minimum absolute atomic E-state index is 0.0753. The van der Waals surface area contributed by atoms with Crippen LogP contribution in [0.2, 0.25) is 0 Å². The third-order valence-electron chi connectivity index (χ3n) is 4.32. The van der Waals surface area contributed by atoms with Gasteiger partial charge in [-0.1, -0.05) is 66.2 Å². The van der Waals surface area contributed by atoms with Gasteiger partial charge in [0.1, 0.15) is 18.7 Å². The third-order valence-corrected chi connectivity index (χ3v) is 4.32. The Morgan fingerprint density at radius 3 is 2.03 bits per heavy atom. The molecule has 4 N–H and O–H groups in total. The Morgan fingerprint density at radius 2 is 1.50 bits per heavy atom. The number of nitrogens with two attached hydrogens (primary N) is 1. The molecular formula is C23H27N3O4. The van der Waals surface area contributed by atoms with Crippen molar-refractivity contribution in [3.8, 4) is 0 Å². The average molecular weight is 409 g/mol. The van der Waals surface area contributed by atoms with Gasteiger partial charge in [-0.2, -0.15) is 0 Å². The van der Waals surface area contributed by atoms with E-state index in [0.29, 0.717) is 5.57 Å². The van der Waals surface area contributed by atoms with Crippen molar-refractivity contribution >= 4 is 17.9 Å².